The van der Waals surface area contributed by atoms with Crippen molar-refractivity contribution in [1.29, 1.82) is 0 Å². The second-order valence-corrected chi connectivity index (χ2v) is 20.1. The molecule has 0 bridgehead atoms. The molecular weight excluding hydrogens is 735 g/mol. The van der Waals surface area contributed by atoms with E-state index in [0.717, 1.165) is 11.4 Å². The van der Waals surface area contributed by atoms with Gasteiger partial charge in [-0.15, -0.1) is 0 Å². The Kier molecular flexibility index (Phi) is 8.02. The van der Waals surface area contributed by atoms with Gasteiger partial charge in [0.1, 0.15) is 0 Å². The number of fused-ring (bicyclic) bond motifs is 13. The molecule has 61 heavy (non-hydrogen) atoms. The van der Waals surface area contributed by atoms with Crippen LogP contribution in [0.3, 0.4) is 0 Å². The fraction of sp³-hybridized carbons (Fsp3) is 0.200. The molecule has 0 unspecified atom stereocenters. The monoisotopic (exact) mass is 787 g/mol. The van der Waals surface area contributed by atoms with Gasteiger partial charge in [-0.05, 0) is 113 Å². The normalized spacial score (nSPS) is 14.8. The highest BCUT2D eigenvalue weighted by molar-refractivity contribution is 6.00. The lowest BCUT2D eigenvalue weighted by atomic mass is 9.69. The van der Waals surface area contributed by atoms with Crippen molar-refractivity contribution in [2.24, 2.45) is 0 Å². The van der Waals surface area contributed by atoms with Crippen molar-refractivity contribution in [2.45, 2.75) is 77.0 Å². The Morgan fingerprint density at radius 2 is 0.869 bits per heavy atom. The maximum absolute atomic E-state index is 2.55. The van der Waals surface area contributed by atoms with Crippen LogP contribution < -0.4 is 4.90 Å². The van der Waals surface area contributed by atoms with E-state index in [9.17, 15) is 0 Å². The lowest BCUT2D eigenvalue weighted by Gasteiger charge is -2.33. The Bertz CT molecular complexity index is 3010. The van der Waals surface area contributed by atoms with Gasteiger partial charge in [0.2, 0.25) is 0 Å². The average Bonchev–Trinajstić information content (AvgIpc) is 3.82. The molecule has 8 aromatic rings. The van der Waals surface area contributed by atoms with E-state index in [1.54, 1.807) is 0 Å². The van der Waals surface area contributed by atoms with Crippen LogP contribution in [0.4, 0.5) is 17.1 Å². The number of para-hydroxylation sites is 1. The number of anilines is 3. The Balaban J connectivity index is 1.22. The van der Waals surface area contributed by atoms with Gasteiger partial charge in [0.05, 0.1) is 16.8 Å². The first kappa shape index (κ1) is 37.6. The van der Waals surface area contributed by atoms with Gasteiger partial charge in [0, 0.05) is 22.2 Å². The summed E-state index contributed by atoms with van der Waals surface area (Å²) >= 11 is 0. The number of hydrogen-bond donors (Lipinski definition) is 0. The molecule has 0 radical (unpaired) electrons. The summed E-state index contributed by atoms with van der Waals surface area (Å²) in [6, 6.07) is 67.1. The molecule has 0 saturated heterocycles. The second kappa shape index (κ2) is 13.0. The summed E-state index contributed by atoms with van der Waals surface area (Å²) in [4.78, 5) is 2.55. The van der Waals surface area contributed by atoms with Crippen molar-refractivity contribution >= 4 is 17.1 Å². The van der Waals surface area contributed by atoms with Crippen molar-refractivity contribution < 1.29 is 0 Å². The molecular formula is C60H53N. The van der Waals surface area contributed by atoms with Crippen LogP contribution in [0.15, 0.2) is 176 Å². The number of nitrogens with zero attached hydrogens (tertiary/aromatic N) is 1. The lowest BCUT2D eigenvalue weighted by molar-refractivity contribution is 0.586. The van der Waals surface area contributed by atoms with Crippen LogP contribution in [-0.4, -0.2) is 0 Å². The van der Waals surface area contributed by atoms with E-state index in [-0.39, 0.29) is 16.2 Å². The number of benzene rings is 8. The van der Waals surface area contributed by atoms with Crippen LogP contribution in [0.25, 0.3) is 44.5 Å². The van der Waals surface area contributed by atoms with E-state index in [1.807, 2.05) is 0 Å². The Morgan fingerprint density at radius 1 is 0.361 bits per heavy atom. The highest BCUT2D eigenvalue weighted by Crippen LogP contribution is 2.64. The Hall–Kier alpha value is -6.44. The smallest absolute Gasteiger partial charge is 0.0725 e. The summed E-state index contributed by atoms with van der Waals surface area (Å²) in [6.07, 6.45) is 0. The minimum absolute atomic E-state index is 0.00213. The third-order valence-corrected chi connectivity index (χ3v) is 14.2. The minimum atomic E-state index is -0.457. The maximum atomic E-state index is 2.55. The molecule has 1 spiro atoms. The molecule has 1 nitrogen and oxygen atoms in total. The van der Waals surface area contributed by atoms with E-state index in [4.69, 9.17) is 0 Å². The molecule has 0 N–H and O–H groups in total. The van der Waals surface area contributed by atoms with Crippen LogP contribution >= 0.6 is 0 Å². The van der Waals surface area contributed by atoms with E-state index in [0.29, 0.717) is 0 Å². The molecule has 0 aliphatic heterocycles. The molecule has 298 valence electrons. The molecule has 0 saturated carbocycles. The summed E-state index contributed by atoms with van der Waals surface area (Å²) in [6.45, 7) is 18.8. The fourth-order valence-corrected chi connectivity index (χ4v) is 11.1. The van der Waals surface area contributed by atoms with E-state index in [1.165, 1.54) is 94.7 Å². The molecule has 3 aliphatic rings. The first-order chi connectivity index (χ1) is 29.3. The van der Waals surface area contributed by atoms with Crippen molar-refractivity contribution in [3.63, 3.8) is 0 Å². The third kappa shape index (κ3) is 5.32. The predicted octanol–water partition coefficient (Wildman–Crippen LogP) is 16.1. The summed E-state index contributed by atoms with van der Waals surface area (Å²) in [7, 11) is 0. The first-order valence-corrected chi connectivity index (χ1v) is 22.0. The molecule has 0 atom stereocenters. The van der Waals surface area contributed by atoms with Gasteiger partial charge in [-0.1, -0.05) is 207 Å². The van der Waals surface area contributed by atoms with Gasteiger partial charge in [-0.25, -0.2) is 0 Å². The molecule has 8 aromatic carbocycles. The van der Waals surface area contributed by atoms with Gasteiger partial charge in [0.25, 0.3) is 0 Å². The zero-order valence-corrected chi connectivity index (χ0v) is 36.7. The summed E-state index contributed by atoms with van der Waals surface area (Å²) in [5.74, 6) is 0. The van der Waals surface area contributed by atoms with Gasteiger partial charge in [-0.2, -0.15) is 0 Å². The van der Waals surface area contributed by atoms with Crippen molar-refractivity contribution in [3.8, 4) is 44.5 Å². The first-order valence-electron chi connectivity index (χ1n) is 22.0. The topological polar surface area (TPSA) is 3.24 Å². The molecule has 0 amide bonds. The van der Waals surface area contributed by atoms with Crippen LogP contribution in [0.5, 0.6) is 0 Å². The highest BCUT2D eigenvalue weighted by Gasteiger charge is 2.52. The Morgan fingerprint density at radius 3 is 1.52 bits per heavy atom. The fourth-order valence-electron chi connectivity index (χ4n) is 11.1. The van der Waals surface area contributed by atoms with Crippen LogP contribution in [-0.2, 0) is 21.7 Å². The highest BCUT2D eigenvalue weighted by atomic mass is 15.1. The molecule has 1 heteroatoms. The molecule has 0 aromatic heterocycles. The lowest BCUT2D eigenvalue weighted by Crippen LogP contribution is -2.27. The zero-order chi connectivity index (χ0) is 42.1. The second-order valence-electron chi connectivity index (χ2n) is 20.1. The molecule has 0 heterocycles. The van der Waals surface area contributed by atoms with Crippen molar-refractivity contribution in [3.05, 3.63) is 220 Å². The molecule has 11 rings (SSSR count). The SMILES string of the molecule is CC(C)(C)c1ccc2c(c1)C1(c3ccccc3-c3cc(N(c4ccccc4-c4ccccc4)c4cccc5c4-c4ccccc4C5(C)C)ccc31)c1cc(C(C)(C)C)ccc1-2. The summed E-state index contributed by atoms with van der Waals surface area (Å²) in [5.41, 5.74) is 24.2. The summed E-state index contributed by atoms with van der Waals surface area (Å²) in [5, 5.41) is 0. The van der Waals surface area contributed by atoms with Crippen molar-refractivity contribution in [1.82, 2.24) is 0 Å². The maximum Gasteiger partial charge on any atom is 0.0725 e. The standard InChI is InChI=1S/C60H53N/c1-57(2,3)39-29-32-44-45-33-30-40(58(4,5)6)36-53(45)60(52(44)35-39)49-25-16-12-22-43(49)47-37-41(31-34-50(47)60)61(54-27-17-14-21-42(54)38-19-10-9-11-20-38)55-28-18-26-51-56(55)46-23-13-15-24-48(46)59(51,7)8/h9-37H,1-8H3. The largest absolute Gasteiger partial charge is 0.309 e. The van der Waals surface area contributed by atoms with Crippen LogP contribution in [0.2, 0.25) is 0 Å². The number of rotatable bonds is 4. The summed E-state index contributed by atoms with van der Waals surface area (Å²) < 4.78 is 0. The van der Waals surface area contributed by atoms with Gasteiger partial charge >= 0.3 is 0 Å². The quantitative estimate of drug-likeness (QED) is 0.172. The molecule has 0 fully saturated rings. The van der Waals surface area contributed by atoms with E-state index >= 15 is 0 Å². The van der Waals surface area contributed by atoms with E-state index < -0.39 is 5.41 Å². The van der Waals surface area contributed by atoms with Gasteiger partial charge < -0.3 is 4.90 Å². The van der Waals surface area contributed by atoms with Gasteiger partial charge in [-0.3, -0.25) is 0 Å². The minimum Gasteiger partial charge on any atom is -0.309 e. The number of hydrogen-bond acceptors (Lipinski definition) is 1. The van der Waals surface area contributed by atoms with Crippen molar-refractivity contribution in [2.75, 3.05) is 4.90 Å². The molecule has 3 aliphatic carbocycles. The zero-order valence-electron chi connectivity index (χ0n) is 36.7. The van der Waals surface area contributed by atoms with Crippen LogP contribution in [0, 0.1) is 0 Å². The van der Waals surface area contributed by atoms with Crippen LogP contribution in [0.1, 0.15) is 99.9 Å². The third-order valence-electron chi connectivity index (χ3n) is 14.2. The Labute approximate surface area is 362 Å². The average molecular weight is 788 g/mol. The van der Waals surface area contributed by atoms with E-state index in [2.05, 4.69) is 236 Å². The van der Waals surface area contributed by atoms with Gasteiger partial charge in [0.15, 0.2) is 0 Å². The predicted molar refractivity (Wildman–Crippen MR) is 258 cm³/mol.